The van der Waals surface area contributed by atoms with Crippen LogP contribution in [-0.4, -0.2) is 62.0 Å². The molecule has 3 aromatic rings. The van der Waals surface area contributed by atoms with Crippen molar-refractivity contribution in [1.82, 2.24) is 23.9 Å². The molecule has 6 aliphatic heterocycles. The maximum atomic E-state index is 16.1. The zero-order valence-electron chi connectivity index (χ0n) is 27.7. The van der Waals surface area contributed by atoms with Gasteiger partial charge in [-0.15, -0.1) is 0 Å². The highest BCUT2D eigenvalue weighted by Gasteiger charge is 2.45. The van der Waals surface area contributed by atoms with Crippen LogP contribution in [-0.2, 0) is 24.3 Å². The minimum atomic E-state index is -3.34. The van der Waals surface area contributed by atoms with Crippen molar-refractivity contribution in [2.45, 2.75) is 96.2 Å². The van der Waals surface area contributed by atoms with Gasteiger partial charge in [-0.2, -0.15) is 4.98 Å². The number of carbonyl (C=O) groups excluding carboxylic acids is 1. The summed E-state index contributed by atoms with van der Waals surface area (Å²) in [6.45, 7) is 7.77. The molecule has 2 saturated heterocycles. The highest BCUT2D eigenvalue weighted by molar-refractivity contribution is 5.88. The Labute approximate surface area is 272 Å². The summed E-state index contributed by atoms with van der Waals surface area (Å²) in [4.78, 5) is 47.8. The molecule has 1 amide bonds. The minimum absolute atomic E-state index is 0.00142. The number of nitrogens with zero attached hydrogens (tertiary/aromatic N) is 5. The molecule has 9 nitrogen and oxygen atoms in total. The first-order valence-electron chi connectivity index (χ1n) is 17.0. The Morgan fingerprint density at radius 3 is 2.34 bits per heavy atom. The molecule has 0 radical (unpaired) electrons. The summed E-state index contributed by atoms with van der Waals surface area (Å²) in [5, 5.41) is 3.69. The standard InChI is InChI=1S/C35H45F3N6O3/c1-21-8-5-6-15-44-32-28(20-27(33(46)41(32)4)24-11-16-43(17-12-24)23(3)45)31(40-34(44)47)39-22(2)26-9-7-10-29(30(26)36)35(37,38)25-13-18-42(21)19-14-25/h7,9-10,20-22,24-25H,5-6,8,11-19H2,1-4H3,(H,39,40,47)/t21?,22-/m1/s1. The van der Waals surface area contributed by atoms with Gasteiger partial charge < -0.3 is 15.1 Å². The van der Waals surface area contributed by atoms with Crippen LogP contribution in [0.3, 0.4) is 0 Å². The van der Waals surface area contributed by atoms with Crippen LogP contribution in [0.25, 0.3) is 11.0 Å². The Bertz CT molecular complexity index is 1770. The molecule has 0 aliphatic carbocycles. The van der Waals surface area contributed by atoms with Gasteiger partial charge in [0.05, 0.1) is 17.0 Å². The number of nitrogens with one attached hydrogen (secondary N) is 1. The largest absolute Gasteiger partial charge is 0.363 e. The Balaban J connectivity index is 1.47. The Morgan fingerprint density at radius 2 is 1.66 bits per heavy atom. The first kappa shape index (κ1) is 33.2. The normalized spacial score (nSPS) is 25.6. The van der Waals surface area contributed by atoms with Gasteiger partial charge in [0.25, 0.3) is 11.5 Å². The predicted octanol–water partition coefficient (Wildman–Crippen LogP) is 5.51. The lowest BCUT2D eigenvalue weighted by molar-refractivity contribution is -0.129. The number of piperidine rings is 2. The number of benzene rings is 1. The van der Waals surface area contributed by atoms with E-state index in [1.807, 2.05) is 0 Å². The molecule has 2 aromatic heterocycles. The third-order valence-corrected chi connectivity index (χ3v) is 10.9. The van der Waals surface area contributed by atoms with E-state index in [0.717, 1.165) is 12.8 Å². The van der Waals surface area contributed by atoms with Gasteiger partial charge in [-0.25, -0.2) is 18.0 Å². The Kier molecular flexibility index (Phi) is 9.26. The van der Waals surface area contributed by atoms with Crippen molar-refractivity contribution in [2.75, 3.05) is 31.5 Å². The average molecular weight is 655 g/mol. The molecule has 0 spiro atoms. The van der Waals surface area contributed by atoms with E-state index in [1.54, 1.807) is 29.5 Å². The first-order valence-corrected chi connectivity index (χ1v) is 17.0. The zero-order chi connectivity index (χ0) is 33.6. The highest BCUT2D eigenvalue weighted by atomic mass is 19.3. The molecule has 2 fully saturated rings. The summed E-state index contributed by atoms with van der Waals surface area (Å²) in [5.74, 6) is -5.19. The van der Waals surface area contributed by atoms with Gasteiger partial charge in [0.1, 0.15) is 17.3 Å². The zero-order valence-corrected chi connectivity index (χ0v) is 27.7. The van der Waals surface area contributed by atoms with E-state index in [-0.39, 0.29) is 47.6 Å². The number of likely N-dealkylation sites (tertiary alicyclic amines) is 1. The second-order valence-corrected chi connectivity index (χ2v) is 13.7. The summed E-state index contributed by atoms with van der Waals surface area (Å²) in [6, 6.07) is 5.25. The van der Waals surface area contributed by atoms with E-state index in [4.69, 9.17) is 0 Å². The Morgan fingerprint density at radius 1 is 0.957 bits per heavy atom. The number of aryl methyl sites for hydroxylation is 2. The lowest BCUT2D eigenvalue weighted by Crippen LogP contribution is -2.43. The molecule has 6 aliphatic rings. The molecular formula is C35H45F3N6O3. The SMILES string of the molecule is CC(=O)N1CCC(c2cc3c4nc(=O)n(c3n(C)c2=O)CCCCC(C)N2CCC(CC2)C(F)(F)c2cccc(c2F)[C@@H](C)N4)CC1. The molecule has 1 unspecified atom stereocenters. The molecule has 2 atom stereocenters. The van der Waals surface area contributed by atoms with E-state index >= 15 is 13.2 Å². The summed E-state index contributed by atoms with van der Waals surface area (Å²) >= 11 is 0. The van der Waals surface area contributed by atoms with Gasteiger partial charge in [-0.3, -0.25) is 18.7 Å². The first-order chi connectivity index (χ1) is 22.4. The van der Waals surface area contributed by atoms with Gasteiger partial charge in [0, 0.05) is 56.7 Å². The predicted molar refractivity (Wildman–Crippen MR) is 175 cm³/mol. The molecule has 254 valence electrons. The third-order valence-electron chi connectivity index (χ3n) is 10.9. The van der Waals surface area contributed by atoms with Gasteiger partial charge in [0.15, 0.2) is 0 Å². The van der Waals surface area contributed by atoms with Crippen molar-refractivity contribution in [3.05, 3.63) is 67.6 Å². The fourth-order valence-corrected chi connectivity index (χ4v) is 7.91. The number of anilines is 1. The van der Waals surface area contributed by atoms with Gasteiger partial charge in [-0.05, 0) is 77.4 Å². The quantitative estimate of drug-likeness (QED) is 0.372. The van der Waals surface area contributed by atoms with Crippen molar-refractivity contribution in [1.29, 1.82) is 0 Å². The number of amides is 1. The smallest absolute Gasteiger partial charge is 0.351 e. The van der Waals surface area contributed by atoms with Crippen molar-refractivity contribution in [2.24, 2.45) is 13.0 Å². The monoisotopic (exact) mass is 654 g/mol. The van der Waals surface area contributed by atoms with Crippen molar-refractivity contribution in [3.63, 3.8) is 0 Å². The fourth-order valence-electron chi connectivity index (χ4n) is 7.91. The number of rotatable bonds is 1. The molecule has 9 rings (SSSR count). The summed E-state index contributed by atoms with van der Waals surface area (Å²) in [5.41, 5.74) is -0.346. The Hall–Kier alpha value is -3.67. The number of aromatic nitrogens is 3. The molecule has 8 heterocycles. The molecule has 1 N–H and O–H groups in total. The van der Waals surface area contributed by atoms with Crippen LogP contribution in [0.1, 0.15) is 94.4 Å². The highest BCUT2D eigenvalue weighted by Crippen LogP contribution is 2.44. The fraction of sp³-hybridized carbons (Fsp3) is 0.600. The molecule has 47 heavy (non-hydrogen) atoms. The van der Waals surface area contributed by atoms with Gasteiger partial charge in [0.2, 0.25) is 5.91 Å². The lowest BCUT2D eigenvalue weighted by Gasteiger charge is -2.39. The molecule has 0 saturated carbocycles. The van der Waals surface area contributed by atoms with Crippen LogP contribution in [0.4, 0.5) is 19.0 Å². The minimum Gasteiger partial charge on any atom is -0.363 e. The van der Waals surface area contributed by atoms with Crippen molar-refractivity contribution >= 4 is 22.8 Å². The van der Waals surface area contributed by atoms with Crippen LogP contribution in [0.2, 0.25) is 0 Å². The maximum absolute atomic E-state index is 16.1. The van der Waals surface area contributed by atoms with E-state index < -0.39 is 35.0 Å². The second kappa shape index (κ2) is 13.1. The van der Waals surface area contributed by atoms with E-state index in [2.05, 4.69) is 22.1 Å². The third kappa shape index (κ3) is 6.21. The summed E-state index contributed by atoms with van der Waals surface area (Å²) in [6.07, 6.45) is 4.12. The summed E-state index contributed by atoms with van der Waals surface area (Å²) < 4.78 is 51.0. The van der Waals surface area contributed by atoms with Crippen molar-refractivity contribution in [3.8, 4) is 0 Å². The molecule has 12 heteroatoms. The number of carbonyl (C=O) groups is 1. The van der Waals surface area contributed by atoms with Crippen LogP contribution in [0, 0.1) is 11.7 Å². The maximum Gasteiger partial charge on any atom is 0.351 e. The lowest BCUT2D eigenvalue weighted by atomic mass is 9.84. The van der Waals surface area contributed by atoms with Gasteiger partial charge in [-0.1, -0.05) is 24.6 Å². The molecule has 6 bridgehead atoms. The van der Waals surface area contributed by atoms with Crippen LogP contribution < -0.4 is 16.6 Å². The number of pyridine rings is 1. The van der Waals surface area contributed by atoms with E-state index in [1.165, 1.54) is 29.7 Å². The number of halogens is 3. The number of alkyl halides is 2. The molecule has 1 aromatic carbocycles. The topological polar surface area (TPSA) is 92.5 Å². The van der Waals surface area contributed by atoms with Gasteiger partial charge >= 0.3 is 5.69 Å². The summed E-state index contributed by atoms with van der Waals surface area (Å²) in [7, 11) is 1.65. The van der Waals surface area contributed by atoms with Crippen LogP contribution in [0.15, 0.2) is 33.9 Å². The number of hydrogen-bond donors (Lipinski definition) is 1. The number of hydrogen-bond acceptors (Lipinski definition) is 6. The van der Waals surface area contributed by atoms with Crippen molar-refractivity contribution < 1.29 is 18.0 Å². The van der Waals surface area contributed by atoms with E-state index in [9.17, 15) is 14.4 Å². The molecular weight excluding hydrogens is 609 g/mol. The van der Waals surface area contributed by atoms with Crippen LogP contribution in [0.5, 0.6) is 0 Å². The van der Waals surface area contributed by atoms with Crippen LogP contribution >= 0.6 is 0 Å². The average Bonchev–Trinajstić information content (AvgIpc) is 3.05. The van der Waals surface area contributed by atoms with E-state index in [0.29, 0.717) is 68.6 Å². The second-order valence-electron chi connectivity index (χ2n) is 13.7.